The standard InChI is InChI=1S/C14H31N/c1-6-13(7-2)11-14(8-3,9-4)12-15-10-5/h13,15H,6-12H2,1-5H3. The van der Waals surface area contributed by atoms with E-state index in [1.807, 2.05) is 0 Å². The van der Waals surface area contributed by atoms with Crippen LogP contribution in [0.1, 0.15) is 66.7 Å². The molecular formula is C14H31N. The fourth-order valence-electron chi connectivity index (χ4n) is 2.44. The van der Waals surface area contributed by atoms with Crippen molar-refractivity contribution in [2.75, 3.05) is 13.1 Å². The van der Waals surface area contributed by atoms with E-state index in [1.54, 1.807) is 0 Å². The summed E-state index contributed by atoms with van der Waals surface area (Å²) >= 11 is 0. The Morgan fingerprint density at radius 2 is 1.47 bits per heavy atom. The van der Waals surface area contributed by atoms with E-state index in [2.05, 4.69) is 39.9 Å². The Morgan fingerprint density at radius 3 is 1.80 bits per heavy atom. The first kappa shape index (κ1) is 15.0. The monoisotopic (exact) mass is 213 g/mol. The lowest BCUT2D eigenvalue weighted by atomic mass is 9.73. The van der Waals surface area contributed by atoms with Crippen LogP contribution in [0.5, 0.6) is 0 Å². The fourth-order valence-corrected chi connectivity index (χ4v) is 2.44. The van der Waals surface area contributed by atoms with Crippen LogP contribution in [0.25, 0.3) is 0 Å². The lowest BCUT2D eigenvalue weighted by Crippen LogP contribution is -2.35. The Bertz CT molecular complexity index is 134. The van der Waals surface area contributed by atoms with E-state index in [1.165, 1.54) is 38.6 Å². The van der Waals surface area contributed by atoms with Gasteiger partial charge in [0, 0.05) is 6.54 Å². The molecule has 0 aliphatic carbocycles. The average Bonchev–Trinajstić information content (AvgIpc) is 2.30. The molecule has 0 rings (SSSR count). The van der Waals surface area contributed by atoms with Gasteiger partial charge in [0.25, 0.3) is 0 Å². The number of rotatable bonds is 9. The quantitative estimate of drug-likeness (QED) is 0.604. The summed E-state index contributed by atoms with van der Waals surface area (Å²) in [7, 11) is 0. The van der Waals surface area contributed by atoms with Crippen LogP contribution in [-0.4, -0.2) is 13.1 Å². The van der Waals surface area contributed by atoms with E-state index < -0.39 is 0 Å². The van der Waals surface area contributed by atoms with Crippen molar-refractivity contribution in [1.82, 2.24) is 5.32 Å². The van der Waals surface area contributed by atoms with Crippen molar-refractivity contribution in [1.29, 1.82) is 0 Å². The molecule has 0 amide bonds. The minimum absolute atomic E-state index is 0.548. The number of nitrogens with one attached hydrogen (secondary N) is 1. The van der Waals surface area contributed by atoms with Crippen molar-refractivity contribution in [3.63, 3.8) is 0 Å². The Labute approximate surface area is 97.0 Å². The summed E-state index contributed by atoms with van der Waals surface area (Å²) in [4.78, 5) is 0. The summed E-state index contributed by atoms with van der Waals surface area (Å²) in [5.74, 6) is 0.920. The zero-order chi connectivity index (χ0) is 11.7. The Balaban J connectivity index is 4.32. The van der Waals surface area contributed by atoms with Crippen LogP contribution in [0.2, 0.25) is 0 Å². The third-order valence-corrected chi connectivity index (χ3v) is 4.13. The maximum Gasteiger partial charge on any atom is 0.000759 e. The van der Waals surface area contributed by atoms with E-state index in [0.29, 0.717) is 5.41 Å². The first-order valence-electron chi connectivity index (χ1n) is 6.88. The van der Waals surface area contributed by atoms with Crippen LogP contribution in [0.4, 0.5) is 0 Å². The van der Waals surface area contributed by atoms with E-state index in [4.69, 9.17) is 0 Å². The molecule has 0 saturated heterocycles. The summed E-state index contributed by atoms with van der Waals surface area (Å²) in [6, 6.07) is 0. The van der Waals surface area contributed by atoms with Crippen LogP contribution >= 0.6 is 0 Å². The molecule has 0 fully saturated rings. The van der Waals surface area contributed by atoms with Crippen LogP contribution in [0.3, 0.4) is 0 Å². The maximum atomic E-state index is 3.54. The van der Waals surface area contributed by atoms with E-state index in [-0.39, 0.29) is 0 Å². The molecule has 0 bridgehead atoms. The second kappa shape index (κ2) is 8.15. The van der Waals surface area contributed by atoms with Gasteiger partial charge in [-0.05, 0) is 37.1 Å². The molecular weight excluding hydrogens is 182 g/mol. The average molecular weight is 213 g/mol. The molecule has 0 aromatic carbocycles. The Hall–Kier alpha value is -0.0400. The van der Waals surface area contributed by atoms with Crippen molar-refractivity contribution < 1.29 is 0 Å². The Kier molecular flexibility index (Phi) is 8.13. The number of hydrogen-bond acceptors (Lipinski definition) is 1. The molecule has 0 spiro atoms. The molecule has 0 unspecified atom stereocenters. The minimum Gasteiger partial charge on any atom is -0.316 e. The van der Waals surface area contributed by atoms with E-state index in [0.717, 1.165) is 12.5 Å². The molecule has 92 valence electrons. The molecule has 0 saturated carbocycles. The zero-order valence-electron chi connectivity index (χ0n) is 11.5. The third kappa shape index (κ3) is 5.01. The van der Waals surface area contributed by atoms with Gasteiger partial charge >= 0.3 is 0 Å². The largest absolute Gasteiger partial charge is 0.316 e. The first-order valence-corrected chi connectivity index (χ1v) is 6.88. The molecule has 0 radical (unpaired) electrons. The van der Waals surface area contributed by atoms with Gasteiger partial charge < -0.3 is 5.32 Å². The molecule has 0 aromatic rings. The fraction of sp³-hybridized carbons (Fsp3) is 1.00. The highest BCUT2D eigenvalue weighted by molar-refractivity contribution is 4.81. The molecule has 0 heterocycles. The Morgan fingerprint density at radius 1 is 0.933 bits per heavy atom. The van der Waals surface area contributed by atoms with Crippen molar-refractivity contribution in [2.24, 2.45) is 11.3 Å². The van der Waals surface area contributed by atoms with Crippen LogP contribution < -0.4 is 5.32 Å². The molecule has 1 nitrogen and oxygen atoms in total. The highest BCUT2D eigenvalue weighted by Gasteiger charge is 2.27. The first-order chi connectivity index (χ1) is 7.17. The molecule has 0 aromatic heterocycles. The van der Waals surface area contributed by atoms with Crippen molar-refractivity contribution in [2.45, 2.75) is 66.7 Å². The van der Waals surface area contributed by atoms with Crippen molar-refractivity contribution >= 4 is 0 Å². The molecule has 0 aliphatic rings. The second-order valence-corrected chi connectivity index (χ2v) is 4.87. The van der Waals surface area contributed by atoms with Gasteiger partial charge in [-0.25, -0.2) is 0 Å². The summed E-state index contributed by atoms with van der Waals surface area (Å²) in [5.41, 5.74) is 0.548. The lowest BCUT2D eigenvalue weighted by molar-refractivity contribution is 0.182. The molecule has 1 heteroatoms. The highest BCUT2D eigenvalue weighted by atomic mass is 14.9. The topological polar surface area (TPSA) is 12.0 Å². The summed E-state index contributed by atoms with van der Waals surface area (Å²) < 4.78 is 0. The predicted octanol–water partition coefficient (Wildman–Crippen LogP) is 4.23. The molecule has 0 atom stereocenters. The van der Waals surface area contributed by atoms with Gasteiger partial charge in [0.2, 0.25) is 0 Å². The SMILES string of the molecule is CCNCC(CC)(CC)CC(CC)CC. The van der Waals surface area contributed by atoms with Gasteiger partial charge in [-0.2, -0.15) is 0 Å². The highest BCUT2D eigenvalue weighted by Crippen LogP contribution is 2.35. The van der Waals surface area contributed by atoms with Crippen molar-refractivity contribution in [3.8, 4) is 0 Å². The smallest absolute Gasteiger partial charge is 0.000759 e. The van der Waals surface area contributed by atoms with Gasteiger partial charge in [-0.15, -0.1) is 0 Å². The van der Waals surface area contributed by atoms with Crippen LogP contribution in [0.15, 0.2) is 0 Å². The van der Waals surface area contributed by atoms with Crippen LogP contribution in [0, 0.1) is 11.3 Å². The van der Waals surface area contributed by atoms with Crippen LogP contribution in [-0.2, 0) is 0 Å². The maximum absolute atomic E-state index is 3.54. The molecule has 1 N–H and O–H groups in total. The minimum atomic E-state index is 0.548. The summed E-state index contributed by atoms with van der Waals surface area (Å²) in [5, 5.41) is 3.54. The number of hydrogen-bond donors (Lipinski definition) is 1. The summed E-state index contributed by atoms with van der Waals surface area (Å²) in [6.07, 6.45) is 6.70. The van der Waals surface area contributed by atoms with Gasteiger partial charge in [0.05, 0.1) is 0 Å². The zero-order valence-corrected chi connectivity index (χ0v) is 11.5. The van der Waals surface area contributed by atoms with Crippen molar-refractivity contribution in [3.05, 3.63) is 0 Å². The molecule has 0 aliphatic heterocycles. The van der Waals surface area contributed by atoms with E-state index >= 15 is 0 Å². The molecule has 15 heavy (non-hydrogen) atoms. The van der Waals surface area contributed by atoms with Gasteiger partial charge in [-0.1, -0.05) is 47.5 Å². The summed E-state index contributed by atoms with van der Waals surface area (Å²) in [6.45, 7) is 13.9. The second-order valence-electron chi connectivity index (χ2n) is 4.87. The van der Waals surface area contributed by atoms with Gasteiger partial charge in [0.15, 0.2) is 0 Å². The van der Waals surface area contributed by atoms with Gasteiger partial charge in [-0.3, -0.25) is 0 Å². The third-order valence-electron chi connectivity index (χ3n) is 4.13. The normalized spacial score (nSPS) is 12.4. The van der Waals surface area contributed by atoms with E-state index in [9.17, 15) is 0 Å². The predicted molar refractivity (Wildman–Crippen MR) is 70.2 cm³/mol. The lowest BCUT2D eigenvalue weighted by Gasteiger charge is -2.35. The van der Waals surface area contributed by atoms with Gasteiger partial charge in [0.1, 0.15) is 0 Å².